The zero-order valence-corrected chi connectivity index (χ0v) is 25.2. The van der Waals surface area contributed by atoms with E-state index >= 15 is 0 Å². The van der Waals surface area contributed by atoms with Gasteiger partial charge in [0.2, 0.25) is 0 Å². The molecule has 36 heavy (non-hydrogen) atoms. The molecular formula is C25H21Br3N2O5S. The summed E-state index contributed by atoms with van der Waals surface area (Å²) in [6.07, 6.45) is 1.25. The van der Waals surface area contributed by atoms with Crippen LogP contribution in [0.1, 0.15) is 37.9 Å². The average molecular weight is 701 g/mol. The van der Waals surface area contributed by atoms with Crippen LogP contribution < -0.4 is 19.6 Å². The number of aromatic hydroxyl groups is 1. The summed E-state index contributed by atoms with van der Waals surface area (Å²) in [6, 6.07) is 8.01. The van der Waals surface area contributed by atoms with E-state index in [4.69, 9.17) is 9.47 Å². The van der Waals surface area contributed by atoms with Crippen LogP contribution in [0.3, 0.4) is 0 Å². The van der Waals surface area contributed by atoms with Crippen LogP contribution in [0.2, 0.25) is 0 Å². The second kappa shape index (κ2) is 10.6. The number of ether oxygens (including phenoxy) is 2. The van der Waals surface area contributed by atoms with Crippen LogP contribution in [0.25, 0.3) is 6.08 Å². The Morgan fingerprint density at radius 1 is 1.19 bits per heavy atom. The summed E-state index contributed by atoms with van der Waals surface area (Å²) in [5.41, 5.74) is 1.41. The molecule has 0 bridgehead atoms. The molecule has 1 aromatic heterocycles. The molecule has 1 aliphatic rings. The van der Waals surface area contributed by atoms with E-state index in [0.717, 1.165) is 8.95 Å². The molecule has 0 unspecified atom stereocenters. The number of esters is 1. The molecule has 1 N–H and O–H groups in total. The van der Waals surface area contributed by atoms with E-state index in [0.29, 0.717) is 36.4 Å². The lowest BCUT2D eigenvalue weighted by molar-refractivity contribution is -0.143. The largest absolute Gasteiger partial charge is 0.506 e. The first kappa shape index (κ1) is 26.8. The van der Waals surface area contributed by atoms with Crippen LogP contribution in [-0.2, 0) is 9.53 Å². The van der Waals surface area contributed by atoms with Crippen molar-refractivity contribution in [1.29, 1.82) is 0 Å². The summed E-state index contributed by atoms with van der Waals surface area (Å²) in [6.45, 7) is 5.25. The van der Waals surface area contributed by atoms with E-state index in [9.17, 15) is 14.7 Å². The van der Waals surface area contributed by atoms with Crippen LogP contribution in [0.4, 0.5) is 0 Å². The predicted molar refractivity (Wildman–Crippen MR) is 149 cm³/mol. The number of thiazole rings is 1. The van der Waals surface area contributed by atoms with Crippen LogP contribution >= 0.6 is 59.1 Å². The number of aromatic nitrogens is 1. The van der Waals surface area contributed by atoms with Crippen molar-refractivity contribution >= 4 is 71.2 Å². The van der Waals surface area contributed by atoms with Gasteiger partial charge in [0.05, 0.1) is 33.5 Å². The Morgan fingerprint density at radius 3 is 2.58 bits per heavy atom. The molecule has 0 aliphatic carbocycles. The van der Waals surface area contributed by atoms with Gasteiger partial charge in [-0.3, -0.25) is 9.36 Å². The molecule has 2 heterocycles. The molecule has 0 spiro atoms. The van der Waals surface area contributed by atoms with Crippen LogP contribution in [0.15, 0.2) is 64.8 Å². The second-order valence-corrected chi connectivity index (χ2v) is 11.9. The summed E-state index contributed by atoms with van der Waals surface area (Å²) in [5, 5.41) is 10.5. The summed E-state index contributed by atoms with van der Waals surface area (Å²) in [5.74, 6) is -0.0383. The minimum atomic E-state index is -0.829. The summed E-state index contributed by atoms with van der Waals surface area (Å²) < 4.78 is 15.0. The van der Waals surface area contributed by atoms with Crippen LogP contribution in [0, 0.1) is 0 Å². The normalized spacial score (nSPS) is 15.7. The van der Waals surface area contributed by atoms with Gasteiger partial charge < -0.3 is 14.6 Å². The standard InChI is InChI=1S/C25H21Br3N2O5S/c1-11(2)35-24(33)20-12(3)29-25-30(21(20)16-9-14(26)5-6-18(16)34-4)23(32)19(36-25)8-13-7-15(27)10-17(28)22(13)31/h5-11,21,31H,1-4H3/b19-8-/t21-/m0/s1. The van der Waals surface area contributed by atoms with E-state index in [-0.39, 0.29) is 23.0 Å². The molecule has 0 saturated carbocycles. The Bertz CT molecular complexity index is 1590. The smallest absolute Gasteiger partial charge is 0.338 e. The molecular weight excluding hydrogens is 680 g/mol. The van der Waals surface area contributed by atoms with Crippen LogP contribution in [-0.4, -0.2) is 28.9 Å². The maximum Gasteiger partial charge on any atom is 0.338 e. The van der Waals surface area contributed by atoms with Crippen molar-refractivity contribution in [2.75, 3.05) is 7.11 Å². The second-order valence-electron chi connectivity index (χ2n) is 8.25. The van der Waals surface area contributed by atoms with Crippen molar-refractivity contribution in [1.82, 2.24) is 4.57 Å². The number of benzene rings is 2. The Balaban J connectivity index is 2.03. The molecule has 1 atom stereocenters. The number of methoxy groups -OCH3 is 1. The number of nitrogens with zero attached hydrogens (tertiary/aromatic N) is 2. The Kier molecular flexibility index (Phi) is 7.94. The van der Waals surface area contributed by atoms with E-state index in [1.54, 1.807) is 45.0 Å². The molecule has 11 heteroatoms. The van der Waals surface area contributed by atoms with Gasteiger partial charge in [-0.15, -0.1) is 0 Å². The zero-order chi connectivity index (χ0) is 26.3. The number of carbonyl (C=O) groups is 1. The highest BCUT2D eigenvalue weighted by molar-refractivity contribution is 9.11. The van der Waals surface area contributed by atoms with Gasteiger partial charge in [0.1, 0.15) is 17.5 Å². The van der Waals surface area contributed by atoms with E-state index < -0.39 is 12.0 Å². The average Bonchev–Trinajstić information content (AvgIpc) is 3.10. The first-order valence-electron chi connectivity index (χ1n) is 10.8. The van der Waals surface area contributed by atoms with E-state index in [1.165, 1.54) is 23.0 Å². The maximum atomic E-state index is 13.8. The maximum absolute atomic E-state index is 13.8. The number of phenols is 1. The van der Waals surface area contributed by atoms with Crippen molar-refractivity contribution < 1.29 is 19.4 Å². The quantitative estimate of drug-likeness (QED) is 0.371. The predicted octanol–water partition coefficient (Wildman–Crippen LogP) is 5.19. The fraction of sp³-hybridized carbons (Fsp3) is 0.240. The highest BCUT2D eigenvalue weighted by atomic mass is 79.9. The number of rotatable bonds is 5. The third kappa shape index (κ3) is 5.11. The first-order chi connectivity index (χ1) is 17.0. The molecule has 3 aromatic rings. The van der Waals surface area contributed by atoms with Gasteiger partial charge in [0.25, 0.3) is 5.56 Å². The van der Waals surface area contributed by atoms with Gasteiger partial charge in [-0.05, 0) is 73.1 Å². The minimum absolute atomic E-state index is 0.00613. The molecule has 7 nitrogen and oxygen atoms in total. The lowest BCUT2D eigenvalue weighted by Gasteiger charge is -2.26. The van der Waals surface area contributed by atoms with Crippen LogP contribution in [0.5, 0.6) is 11.5 Å². The van der Waals surface area contributed by atoms with Crippen molar-refractivity contribution in [3.63, 3.8) is 0 Å². The summed E-state index contributed by atoms with van der Waals surface area (Å²) in [4.78, 5) is 32.1. The van der Waals surface area contributed by atoms with Crippen molar-refractivity contribution in [3.05, 3.63) is 85.8 Å². The monoisotopic (exact) mass is 698 g/mol. The number of hydrogen-bond donors (Lipinski definition) is 1. The molecule has 4 rings (SSSR count). The van der Waals surface area contributed by atoms with Crippen molar-refractivity contribution in [2.24, 2.45) is 4.99 Å². The van der Waals surface area contributed by atoms with Gasteiger partial charge in [-0.2, -0.15) is 0 Å². The van der Waals surface area contributed by atoms with E-state index in [1.807, 2.05) is 12.1 Å². The molecule has 0 amide bonds. The topological polar surface area (TPSA) is 90.1 Å². The Morgan fingerprint density at radius 2 is 1.92 bits per heavy atom. The summed E-state index contributed by atoms with van der Waals surface area (Å²) in [7, 11) is 1.53. The first-order valence-corrected chi connectivity index (χ1v) is 14.0. The van der Waals surface area contributed by atoms with Gasteiger partial charge in [-0.25, -0.2) is 9.79 Å². The molecule has 2 aromatic carbocycles. The number of allylic oxidation sites excluding steroid dienone is 1. The molecule has 0 radical (unpaired) electrons. The molecule has 0 fully saturated rings. The minimum Gasteiger partial charge on any atom is -0.506 e. The third-order valence-electron chi connectivity index (χ3n) is 5.41. The number of phenolic OH excluding ortho intramolecular Hbond substituents is 1. The number of hydrogen-bond acceptors (Lipinski definition) is 7. The highest BCUT2D eigenvalue weighted by Crippen LogP contribution is 2.37. The molecule has 188 valence electrons. The fourth-order valence-electron chi connectivity index (χ4n) is 3.91. The zero-order valence-electron chi connectivity index (χ0n) is 19.6. The van der Waals surface area contributed by atoms with Crippen molar-refractivity contribution in [3.8, 4) is 11.5 Å². The molecule has 1 aliphatic heterocycles. The van der Waals surface area contributed by atoms with Crippen molar-refractivity contribution in [2.45, 2.75) is 32.9 Å². The summed E-state index contributed by atoms with van der Waals surface area (Å²) >= 11 is 11.4. The fourth-order valence-corrected chi connectivity index (χ4v) is 6.59. The number of halogens is 3. The van der Waals surface area contributed by atoms with E-state index in [2.05, 4.69) is 52.8 Å². The molecule has 0 saturated heterocycles. The van der Waals surface area contributed by atoms with Gasteiger partial charge >= 0.3 is 5.97 Å². The highest BCUT2D eigenvalue weighted by Gasteiger charge is 2.35. The lowest BCUT2D eigenvalue weighted by Crippen LogP contribution is -2.40. The Labute approximate surface area is 236 Å². The third-order valence-corrected chi connectivity index (χ3v) is 7.95. The number of fused-ring (bicyclic) bond motifs is 1. The van der Waals surface area contributed by atoms with Gasteiger partial charge in [-0.1, -0.05) is 43.2 Å². The SMILES string of the molecule is COc1ccc(Br)cc1[C@H]1C(C(=O)OC(C)C)=C(C)N=c2s/c(=C\c3cc(Br)cc(Br)c3O)c(=O)n21. The van der Waals surface area contributed by atoms with Gasteiger partial charge in [0, 0.05) is 20.1 Å². The van der Waals surface area contributed by atoms with Gasteiger partial charge in [0.15, 0.2) is 4.80 Å². The lowest BCUT2D eigenvalue weighted by atomic mass is 9.95. The number of carbonyl (C=O) groups excluding carboxylic acids is 1. The Hall–Kier alpha value is -2.21.